The average Bonchev–Trinajstić information content (AvgIpc) is 3.09. The van der Waals surface area contributed by atoms with Crippen molar-refractivity contribution in [2.24, 2.45) is 0 Å². The normalized spacial score (nSPS) is 14.6. The van der Waals surface area contributed by atoms with Crippen molar-refractivity contribution in [3.63, 3.8) is 0 Å². The molecule has 1 saturated heterocycles. The van der Waals surface area contributed by atoms with Crippen LogP contribution in [0.3, 0.4) is 0 Å². The molecule has 154 valence electrons. The summed E-state index contributed by atoms with van der Waals surface area (Å²) in [6, 6.07) is 27.7. The smallest absolute Gasteiger partial charge is 0.254 e. The van der Waals surface area contributed by atoms with Gasteiger partial charge in [-0.15, -0.1) is 0 Å². The molecule has 4 nitrogen and oxygen atoms in total. The molecule has 2 amide bonds. The number of nitrogens with zero attached hydrogens (tertiary/aromatic N) is 2. The molecule has 0 atom stereocenters. The zero-order chi connectivity index (χ0) is 21.2. The lowest BCUT2D eigenvalue weighted by Gasteiger charge is -2.23. The molecule has 0 aromatic heterocycles. The van der Waals surface area contributed by atoms with Crippen LogP contribution in [-0.4, -0.2) is 47.8 Å². The van der Waals surface area contributed by atoms with E-state index in [4.69, 9.17) is 0 Å². The van der Waals surface area contributed by atoms with Crippen LogP contribution in [-0.2, 0) is 0 Å². The second-order valence-electron chi connectivity index (χ2n) is 7.99. The number of benzene rings is 4. The summed E-state index contributed by atoms with van der Waals surface area (Å²) in [6.45, 7) is 2.39. The van der Waals surface area contributed by atoms with E-state index in [0.717, 1.165) is 39.1 Å². The molecule has 1 aliphatic rings. The van der Waals surface area contributed by atoms with Crippen molar-refractivity contribution in [2.75, 3.05) is 26.2 Å². The fourth-order valence-electron chi connectivity index (χ4n) is 4.49. The van der Waals surface area contributed by atoms with Crippen molar-refractivity contribution in [3.8, 4) is 0 Å². The zero-order valence-corrected chi connectivity index (χ0v) is 17.3. The summed E-state index contributed by atoms with van der Waals surface area (Å²) < 4.78 is 0. The van der Waals surface area contributed by atoms with Crippen molar-refractivity contribution in [3.05, 3.63) is 96.1 Å². The van der Waals surface area contributed by atoms with Gasteiger partial charge in [0.25, 0.3) is 11.8 Å². The number of carbonyl (C=O) groups excluding carboxylic acids is 2. The van der Waals surface area contributed by atoms with Gasteiger partial charge in [-0.3, -0.25) is 9.59 Å². The first-order valence-electron chi connectivity index (χ1n) is 10.8. The largest absolute Gasteiger partial charge is 0.337 e. The van der Waals surface area contributed by atoms with Crippen molar-refractivity contribution >= 4 is 33.4 Å². The molecule has 0 saturated carbocycles. The highest BCUT2D eigenvalue weighted by molar-refractivity contribution is 6.08. The van der Waals surface area contributed by atoms with Gasteiger partial charge in [0.15, 0.2) is 0 Å². The lowest BCUT2D eigenvalue weighted by atomic mass is 10.0. The topological polar surface area (TPSA) is 40.6 Å². The van der Waals surface area contributed by atoms with E-state index in [2.05, 4.69) is 0 Å². The summed E-state index contributed by atoms with van der Waals surface area (Å²) in [5.41, 5.74) is 1.46. The highest BCUT2D eigenvalue weighted by Gasteiger charge is 2.25. The Balaban J connectivity index is 1.36. The molecule has 1 heterocycles. The number of fused-ring (bicyclic) bond motifs is 2. The van der Waals surface area contributed by atoms with E-state index in [0.29, 0.717) is 26.2 Å². The molecule has 5 rings (SSSR count). The Kier molecular flexibility index (Phi) is 5.13. The summed E-state index contributed by atoms with van der Waals surface area (Å²) >= 11 is 0. The second-order valence-corrected chi connectivity index (χ2v) is 7.99. The van der Waals surface area contributed by atoms with E-state index in [-0.39, 0.29) is 11.8 Å². The third-order valence-electron chi connectivity index (χ3n) is 6.11. The Morgan fingerprint density at radius 2 is 0.935 bits per heavy atom. The van der Waals surface area contributed by atoms with Crippen molar-refractivity contribution < 1.29 is 9.59 Å². The Hall–Kier alpha value is -3.66. The van der Waals surface area contributed by atoms with Gasteiger partial charge in [0, 0.05) is 37.3 Å². The summed E-state index contributed by atoms with van der Waals surface area (Å²) in [7, 11) is 0. The minimum atomic E-state index is 0.0382. The van der Waals surface area contributed by atoms with Gasteiger partial charge >= 0.3 is 0 Å². The first-order chi connectivity index (χ1) is 15.2. The van der Waals surface area contributed by atoms with Gasteiger partial charge in [-0.2, -0.15) is 0 Å². The molecular formula is C27H24N2O2. The zero-order valence-electron chi connectivity index (χ0n) is 17.3. The quantitative estimate of drug-likeness (QED) is 0.469. The van der Waals surface area contributed by atoms with Crippen molar-refractivity contribution in [2.45, 2.75) is 6.42 Å². The summed E-state index contributed by atoms with van der Waals surface area (Å²) in [6.07, 6.45) is 0.771. The van der Waals surface area contributed by atoms with Crippen molar-refractivity contribution in [1.82, 2.24) is 9.80 Å². The molecule has 1 aliphatic heterocycles. The van der Waals surface area contributed by atoms with Crippen LogP contribution in [0.5, 0.6) is 0 Å². The van der Waals surface area contributed by atoms with Crippen LogP contribution in [0.2, 0.25) is 0 Å². The standard InChI is InChI=1S/C27H24N2O2/c30-26(24-14-5-10-20-8-1-3-12-22(20)24)28-16-7-17-29(19-18-28)27(31)25-15-6-11-21-9-2-4-13-23(21)25/h1-6,8-15H,7,16-19H2. The molecule has 31 heavy (non-hydrogen) atoms. The summed E-state index contributed by atoms with van der Waals surface area (Å²) in [4.78, 5) is 30.4. The molecule has 4 heteroatoms. The van der Waals surface area contributed by atoms with E-state index in [1.165, 1.54) is 0 Å². The van der Waals surface area contributed by atoms with Gasteiger partial charge in [0.05, 0.1) is 0 Å². The summed E-state index contributed by atoms with van der Waals surface area (Å²) in [5, 5.41) is 4.08. The Bertz CT molecular complexity index is 1170. The SMILES string of the molecule is O=C(c1cccc2ccccc12)N1CCCN(C(=O)c2cccc3ccccc23)CC1. The first-order valence-corrected chi connectivity index (χ1v) is 10.8. The summed E-state index contributed by atoms with van der Waals surface area (Å²) in [5.74, 6) is 0.0764. The van der Waals surface area contributed by atoms with Gasteiger partial charge in [0.1, 0.15) is 0 Å². The molecule has 4 aromatic carbocycles. The first kappa shape index (κ1) is 19.3. The second kappa shape index (κ2) is 8.23. The molecule has 1 fully saturated rings. The number of carbonyl (C=O) groups is 2. The highest BCUT2D eigenvalue weighted by Crippen LogP contribution is 2.23. The number of hydrogen-bond donors (Lipinski definition) is 0. The fraction of sp³-hybridized carbons (Fsp3) is 0.185. The van der Waals surface area contributed by atoms with Gasteiger partial charge in [-0.1, -0.05) is 72.8 Å². The average molecular weight is 409 g/mol. The molecule has 0 spiro atoms. The molecule has 0 unspecified atom stereocenters. The van der Waals surface area contributed by atoms with Gasteiger partial charge < -0.3 is 9.80 Å². The maximum absolute atomic E-state index is 13.3. The van der Waals surface area contributed by atoms with Gasteiger partial charge in [-0.25, -0.2) is 0 Å². The van der Waals surface area contributed by atoms with Crippen LogP contribution in [0.25, 0.3) is 21.5 Å². The van der Waals surface area contributed by atoms with Crippen LogP contribution >= 0.6 is 0 Å². The molecule has 0 aliphatic carbocycles. The van der Waals surface area contributed by atoms with E-state index in [1.54, 1.807) is 0 Å². The van der Waals surface area contributed by atoms with E-state index in [1.807, 2.05) is 94.7 Å². The van der Waals surface area contributed by atoms with E-state index >= 15 is 0 Å². The van der Waals surface area contributed by atoms with Crippen LogP contribution in [0.4, 0.5) is 0 Å². The van der Waals surface area contributed by atoms with E-state index in [9.17, 15) is 9.59 Å². The van der Waals surface area contributed by atoms with E-state index < -0.39 is 0 Å². The Morgan fingerprint density at radius 3 is 1.42 bits per heavy atom. The molecule has 0 N–H and O–H groups in total. The van der Waals surface area contributed by atoms with Gasteiger partial charge in [-0.05, 0) is 40.1 Å². The number of rotatable bonds is 2. The highest BCUT2D eigenvalue weighted by atomic mass is 16.2. The fourth-order valence-corrected chi connectivity index (χ4v) is 4.49. The van der Waals surface area contributed by atoms with Gasteiger partial charge in [0.2, 0.25) is 0 Å². The number of amides is 2. The molecule has 4 aromatic rings. The van der Waals surface area contributed by atoms with Crippen LogP contribution in [0.1, 0.15) is 27.1 Å². The minimum absolute atomic E-state index is 0.0382. The Labute approximate surface area is 181 Å². The molecule has 0 radical (unpaired) electrons. The third-order valence-corrected chi connectivity index (χ3v) is 6.11. The maximum Gasteiger partial charge on any atom is 0.254 e. The molecular weight excluding hydrogens is 384 g/mol. The molecule has 0 bridgehead atoms. The monoisotopic (exact) mass is 408 g/mol. The Morgan fingerprint density at radius 1 is 0.516 bits per heavy atom. The maximum atomic E-state index is 13.3. The predicted molar refractivity (Wildman–Crippen MR) is 124 cm³/mol. The third kappa shape index (κ3) is 3.66. The van der Waals surface area contributed by atoms with Crippen LogP contribution in [0, 0.1) is 0 Å². The minimum Gasteiger partial charge on any atom is -0.337 e. The van der Waals surface area contributed by atoms with Crippen LogP contribution in [0.15, 0.2) is 84.9 Å². The lowest BCUT2D eigenvalue weighted by molar-refractivity contribution is 0.0720. The predicted octanol–water partition coefficient (Wildman–Crippen LogP) is 4.98. The lowest BCUT2D eigenvalue weighted by Crippen LogP contribution is -2.37. The number of hydrogen-bond acceptors (Lipinski definition) is 2. The van der Waals surface area contributed by atoms with Crippen molar-refractivity contribution in [1.29, 1.82) is 0 Å². The van der Waals surface area contributed by atoms with Crippen LogP contribution < -0.4 is 0 Å².